The fourth-order valence-corrected chi connectivity index (χ4v) is 6.77. The van der Waals surface area contributed by atoms with Gasteiger partial charge in [0, 0.05) is 31.3 Å². The lowest BCUT2D eigenvalue weighted by molar-refractivity contribution is 0.0997. The summed E-state index contributed by atoms with van der Waals surface area (Å²) < 4.78 is 35.9. The van der Waals surface area contributed by atoms with Crippen molar-refractivity contribution < 1.29 is 17.9 Å². The normalized spacial score (nSPS) is 18.0. The lowest BCUT2D eigenvalue weighted by Crippen LogP contribution is -2.39. The minimum Gasteiger partial charge on any atom is -0.497 e. The number of aryl methyl sites for hydroxylation is 1. The Morgan fingerprint density at radius 1 is 1.21 bits per heavy atom. The standard InChI is InChI=1S/C24H29N3O4S2/c1-4-13-27-21-15-19(31-3)9-12-22(21)32-24(27)25-23(28)18-7-10-20(11-8-18)33(29,30)26-14-5-6-17(2)16-26/h7-12,15,17H,4-6,13-14,16H2,1-3H3. The van der Waals surface area contributed by atoms with E-state index in [-0.39, 0.29) is 4.90 Å². The Kier molecular flexibility index (Phi) is 7.02. The summed E-state index contributed by atoms with van der Waals surface area (Å²) in [5.74, 6) is 0.709. The Labute approximate surface area is 198 Å². The molecule has 1 unspecified atom stereocenters. The Hall–Kier alpha value is -2.49. The minimum atomic E-state index is -3.56. The van der Waals surface area contributed by atoms with Crippen molar-refractivity contribution in [3.8, 4) is 5.75 Å². The monoisotopic (exact) mass is 487 g/mol. The molecule has 0 spiro atoms. The van der Waals surface area contributed by atoms with Crippen LogP contribution in [-0.2, 0) is 16.6 Å². The first-order chi connectivity index (χ1) is 15.8. The molecule has 0 aliphatic carbocycles. The third-order valence-electron chi connectivity index (χ3n) is 5.89. The zero-order valence-corrected chi connectivity index (χ0v) is 20.8. The summed E-state index contributed by atoms with van der Waals surface area (Å²) in [4.78, 5) is 18.1. The van der Waals surface area contributed by atoms with Crippen molar-refractivity contribution in [2.45, 2.75) is 44.6 Å². The number of amides is 1. The number of nitrogens with zero attached hydrogens (tertiary/aromatic N) is 3. The van der Waals surface area contributed by atoms with Gasteiger partial charge in [-0.3, -0.25) is 4.79 Å². The average Bonchev–Trinajstić information content (AvgIpc) is 3.15. The van der Waals surface area contributed by atoms with Crippen LogP contribution >= 0.6 is 11.3 Å². The number of methoxy groups -OCH3 is 1. The summed E-state index contributed by atoms with van der Waals surface area (Å²) in [7, 11) is -1.93. The maximum Gasteiger partial charge on any atom is 0.279 e. The molecule has 1 atom stereocenters. The quantitative estimate of drug-likeness (QED) is 0.520. The van der Waals surface area contributed by atoms with Gasteiger partial charge in [0.1, 0.15) is 5.75 Å². The molecule has 0 N–H and O–H groups in total. The van der Waals surface area contributed by atoms with Crippen molar-refractivity contribution in [2.75, 3.05) is 20.2 Å². The van der Waals surface area contributed by atoms with Gasteiger partial charge < -0.3 is 9.30 Å². The second kappa shape index (κ2) is 9.79. The molecule has 9 heteroatoms. The lowest BCUT2D eigenvalue weighted by Gasteiger charge is -2.30. The van der Waals surface area contributed by atoms with E-state index in [0.717, 1.165) is 41.8 Å². The predicted molar refractivity (Wildman–Crippen MR) is 130 cm³/mol. The van der Waals surface area contributed by atoms with Gasteiger partial charge in [0.2, 0.25) is 10.0 Å². The maximum absolute atomic E-state index is 13.0. The van der Waals surface area contributed by atoms with Crippen molar-refractivity contribution in [1.82, 2.24) is 8.87 Å². The van der Waals surface area contributed by atoms with Crippen LogP contribution in [0.3, 0.4) is 0 Å². The van der Waals surface area contributed by atoms with E-state index in [1.54, 1.807) is 23.5 Å². The third-order valence-corrected chi connectivity index (χ3v) is 8.83. The molecule has 1 amide bonds. The number of hydrogen-bond acceptors (Lipinski definition) is 5. The van der Waals surface area contributed by atoms with Crippen LogP contribution in [0.1, 0.15) is 43.5 Å². The number of rotatable bonds is 6. The molecular formula is C24H29N3O4S2. The zero-order valence-electron chi connectivity index (χ0n) is 19.2. The van der Waals surface area contributed by atoms with Crippen LogP contribution in [0.25, 0.3) is 10.2 Å². The molecule has 1 aliphatic heterocycles. The fraction of sp³-hybridized carbons (Fsp3) is 0.417. The van der Waals surface area contributed by atoms with Crippen LogP contribution in [0.15, 0.2) is 52.4 Å². The number of aromatic nitrogens is 1. The van der Waals surface area contributed by atoms with Crippen LogP contribution in [0, 0.1) is 5.92 Å². The number of thiazole rings is 1. The van der Waals surface area contributed by atoms with Gasteiger partial charge in [-0.05, 0) is 61.6 Å². The molecule has 2 aromatic carbocycles. The number of sulfonamides is 1. The molecule has 2 heterocycles. The first kappa shape index (κ1) is 23.7. The van der Waals surface area contributed by atoms with Gasteiger partial charge in [-0.25, -0.2) is 8.42 Å². The smallest absolute Gasteiger partial charge is 0.279 e. The van der Waals surface area contributed by atoms with E-state index in [4.69, 9.17) is 4.74 Å². The molecule has 4 rings (SSSR count). The van der Waals surface area contributed by atoms with E-state index in [1.165, 1.54) is 23.5 Å². The van der Waals surface area contributed by atoms with Crippen molar-refractivity contribution in [1.29, 1.82) is 0 Å². The fourth-order valence-electron chi connectivity index (χ4n) is 4.14. The van der Waals surface area contributed by atoms with Crippen molar-refractivity contribution in [2.24, 2.45) is 10.9 Å². The maximum atomic E-state index is 13.0. The summed E-state index contributed by atoms with van der Waals surface area (Å²) in [6, 6.07) is 11.9. The number of ether oxygens (including phenoxy) is 1. The number of carbonyl (C=O) groups excluding carboxylic acids is 1. The summed E-state index contributed by atoms with van der Waals surface area (Å²) >= 11 is 1.45. The Morgan fingerprint density at radius 3 is 2.64 bits per heavy atom. The van der Waals surface area contributed by atoms with Crippen LogP contribution in [0.2, 0.25) is 0 Å². The van der Waals surface area contributed by atoms with Crippen molar-refractivity contribution >= 4 is 37.5 Å². The van der Waals surface area contributed by atoms with Gasteiger partial charge in [-0.15, -0.1) is 0 Å². The van der Waals surface area contributed by atoms with Gasteiger partial charge in [-0.2, -0.15) is 9.30 Å². The summed E-state index contributed by atoms with van der Waals surface area (Å²) in [5, 5.41) is 0. The summed E-state index contributed by atoms with van der Waals surface area (Å²) in [6.07, 6.45) is 2.81. The van der Waals surface area contributed by atoms with Crippen LogP contribution in [0.4, 0.5) is 0 Å². The van der Waals surface area contributed by atoms with Crippen LogP contribution in [0.5, 0.6) is 5.75 Å². The molecule has 3 aromatic rings. The summed E-state index contributed by atoms with van der Waals surface area (Å²) in [6.45, 7) is 5.94. The Morgan fingerprint density at radius 2 is 1.97 bits per heavy atom. The SMILES string of the molecule is CCCn1c(=NC(=O)c2ccc(S(=O)(=O)N3CCCC(C)C3)cc2)sc2ccc(OC)cc21. The Balaban J connectivity index is 1.64. The molecular weight excluding hydrogens is 458 g/mol. The third kappa shape index (κ3) is 4.90. The second-order valence-electron chi connectivity index (χ2n) is 8.42. The zero-order chi connectivity index (χ0) is 23.6. The van der Waals surface area contributed by atoms with E-state index in [9.17, 15) is 13.2 Å². The predicted octanol–water partition coefficient (Wildman–Crippen LogP) is 4.28. The molecule has 1 fully saturated rings. The van der Waals surface area contributed by atoms with E-state index in [2.05, 4.69) is 18.8 Å². The molecule has 0 radical (unpaired) electrons. The van der Waals surface area contributed by atoms with Gasteiger partial charge in [0.05, 0.1) is 22.2 Å². The lowest BCUT2D eigenvalue weighted by atomic mass is 10.0. The Bertz CT molecular complexity index is 1320. The molecule has 176 valence electrons. The number of benzene rings is 2. The summed E-state index contributed by atoms with van der Waals surface area (Å²) in [5.41, 5.74) is 1.34. The van der Waals surface area contributed by atoms with E-state index in [1.807, 2.05) is 22.8 Å². The first-order valence-corrected chi connectivity index (χ1v) is 13.5. The molecule has 1 saturated heterocycles. The average molecular weight is 488 g/mol. The largest absolute Gasteiger partial charge is 0.497 e. The number of piperidine rings is 1. The molecule has 7 nitrogen and oxygen atoms in total. The molecule has 33 heavy (non-hydrogen) atoms. The highest BCUT2D eigenvalue weighted by Crippen LogP contribution is 2.25. The highest BCUT2D eigenvalue weighted by atomic mass is 32.2. The second-order valence-corrected chi connectivity index (χ2v) is 11.4. The van der Waals surface area contributed by atoms with E-state index < -0.39 is 15.9 Å². The number of hydrogen-bond donors (Lipinski definition) is 0. The number of carbonyl (C=O) groups is 1. The van der Waals surface area contributed by atoms with Crippen LogP contribution in [-0.4, -0.2) is 43.4 Å². The highest BCUT2D eigenvalue weighted by Gasteiger charge is 2.28. The minimum absolute atomic E-state index is 0.211. The van der Waals surface area contributed by atoms with E-state index >= 15 is 0 Å². The van der Waals surface area contributed by atoms with Crippen LogP contribution < -0.4 is 9.54 Å². The van der Waals surface area contributed by atoms with Crippen molar-refractivity contribution in [3.05, 3.63) is 52.8 Å². The van der Waals surface area contributed by atoms with Gasteiger partial charge in [0.25, 0.3) is 5.91 Å². The highest BCUT2D eigenvalue weighted by molar-refractivity contribution is 7.89. The number of fused-ring (bicyclic) bond motifs is 1. The van der Waals surface area contributed by atoms with Gasteiger partial charge in [0.15, 0.2) is 4.80 Å². The molecule has 1 aliphatic rings. The topological polar surface area (TPSA) is 81.0 Å². The van der Waals surface area contributed by atoms with Crippen molar-refractivity contribution in [3.63, 3.8) is 0 Å². The first-order valence-electron chi connectivity index (χ1n) is 11.2. The molecule has 0 saturated carbocycles. The van der Waals surface area contributed by atoms with Gasteiger partial charge in [-0.1, -0.05) is 25.2 Å². The van der Waals surface area contributed by atoms with Gasteiger partial charge >= 0.3 is 0 Å². The molecule has 0 bridgehead atoms. The molecule has 1 aromatic heterocycles. The van der Waals surface area contributed by atoms with E-state index in [0.29, 0.717) is 29.4 Å².